The minimum absolute atomic E-state index is 0.0772. The van der Waals surface area contributed by atoms with Crippen molar-refractivity contribution in [2.45, 2.75) is 296 Å². The van der Waals surface area contributed by atoms with Gasteiger partial charge in [0, 0.05) is 6.42 Å². The van der Waals surface area contributed by atoms with Crippen molar-refractivity contribution in [2.24, 2.45) is 0 Å². The van der Waals surface area contributed by atoms with E-state index in [9.17, 15) is 15.0 Å². The number of carbonyl (C=O) groups excluding carboxylic acids is 1. The van der Waals surface area contributed by atoms with Crippen LogP contribution in [0.1, 0.15) is 284 Å². The van der Waals surface area contributed by atoms with Crippen LogP contribution in [0.5, 0.6) is 0 Å². The fourth-order valence-corrected chi connectivity index (χ4v) is 8.34. The highest BCUT2D eigenvalue weighted by molar-refractivity contribution is 5.76. The summed E-state index contributed by atoms with van der Waals surface area (Å²) < 4.78 is 0. The first-order chi connectivity index (χ1) is 31.7. The molecule has 0 spiro atoms. The Bertz CT molecular complexity index is 1100. The normalized spacial score (nSPS) is 13.4. The second-order valence-corrected chi connectivity index (χ2v) is 19.0. The molecule has 0 heterocycles. The molecular formula is C60H109NO3. The molecule has 0 aliphatic carbocycles. The molecular weight excluding hydrogens is 783 g/mol. The summed E-state index contributed by atoms with van der Waals surface area (Å²) in [5.74, 6) is -0.0772. The molecule has 0 radical (unpaired) electrons. The van der Waals surface area contributed by atoms with Gasteiger partial charge in [0.2, 0.25) is 5.91 Å². The number of carbonyl (C=O) groups is 1. The van der Waals surface area contributed by atoms with E-state index in [4.69, 9.17) is 0 Å². The molecule has 4 nitrogen and oxygen atoms in total. The van der Waals surface area contributed by atoms with Crippen molar-refractivity contribution < 1.29 is 15.0 Å². The summed E-state index contributed by atoms with van der Waals surface area (Å²) in [6, 6.07) is -0.649. The van der Waals surface area contributed by atoms with E-state index < -0.39 is 12.1 Å². The SMILES string of the molecule is CCCCCCC/C=C\C/C=C\C/C=C\CCCCCCCCCCCCCCCCCCC(=O)NC(CO)C(O)/C=C/CC/C=C/CC/C=C/CCCCCCCCCCCCC. The van der Waals surface area contributed by atoms with Crippen LogP contribution in [-0.4, -0.2) is 34.9 Å². The van der Waals surface area contributed by atoms with E-state index in [1.807, 2.05) is 6.08 Å². The standard InChI is InChI=1S/C60H109NO3/c1-3-5-7-9-11-13-15-17-19-21-23-25-26-27-28-29-30-31-32-33-34-36-38-40-42-44-46-48-50-52-54-56-60(64)61-58(57-62)59(63)55-53-51-49-47-45-43-41-39-37-35-24-22-20-18-16-14-12-10-8-6-4-2/h15,17,21,23,26-27,37,39,45,47,53,55,58-59,62-63H,3-14,16,18-20,22,24-25,28-36,38,40-44,46,48-52,54,56-57H2,1-2H3,(H,61,64)/b17-15-,23-21-,27-26-,39-37+,47-45+,55-53+. The number of unbranched alkanes of at least 4 members (excludes halogenated alkanes) is 34. The van der Waals surface area contributed by atoms with E-state index in [0.717, 1.165) is 51.4 Å². The second-order valence-electron chi connectivity index (χ2n) is 19.0. The first kappa shape index (κ1) is 61.8. The molecule has 1 amide bonds. The second kappa shape index (κ2) is 55.2. The molecule has 2 unspecified atom stereocenters. The molecule has 0 saturated heterocycles. The highest BCUT2D eigenvalue weighted by atomic mass is 16.3. The van der Waals surface area contributed by atoms with E-state index in [2.05, 4.69) is 79.9 Å². The number of allylic oxidation sites excluding steroid dienone is 11. The molecule has 0 aliphatic heterocycles. The summed E-state index contributed by atoms with van der Waals surface area (Å²) in [4.78, 5) is 12.5. The summed E-state index contributed by atoms with van der Waals surface area (Å²) in [6.07, 6.45) is 79.2. The molecule has 0 rings (SSSR count). The number of aliphatic hydroxyl groups excluding tert-OH is 2. The number of hydrogen-bond acceptors (Lipinski definition) is 3. The van der Waals surface area contributed by atoms with Crippen molar-refractivity contribution in [3.8, 4) is 0 Å². The van der Waals surface area contributed by atoms with E-state index in [0.29, 0.717) is 6.42 Å². The molecule has 64 heavy (non-hydrogen) atoms. The van der Waals surface area contributed by atoms with Crippen LogP contribution < -0.4 is 5.32 Å². The molecule has 0 aromatic heterocycles. The number of amides is 1. The Labute approximate surface area is 399 Å². The molecule has 0 aromatic rings. The zero-order chi connectivity index (χ0) is 46.3. The van der Waals surface area contributed by atoms with Gasteiger partial charge in [-0.05, 0) is 83.5 Å². The van der Waals surface area contributed by atoms with Crippen LogP contribution in [-0.2, 0) is 4.79 Å². The van der Waals surface area contributed by atoms with Gasteiger partial charge in [0.05, 0.1) is 18.8 Å². The van der Waals surface area contributed by atoms with E-state index >= 15 is 0 Å². The summed E-state index contributed by atoms with van der Waals surface area (Å²) in [6.45, 7) is 4.30. The minimum Gasteiger partial charge on any atom is -0.394 e. The number of nitrogens with one attached hydrogen (secondary N) is 1. The molecule has 0 bridgehead atoms. The Kier molecular flexibility index (Phi) is 53.3. The Morgan fingerprint density at radius 3 is 1.02 bits per heavy atom. The minimum atomic E-state index is -0.873. The van der Waals surface area contributed by atoms with E-state index in [1.165, 1.54) is 212 Å². The van der Waals surface area contributed by atoms with Crippen LogP contribution >= 0.6 is 0 Å². The quantitative estimate of drug-likeness (QED) is 0.0421. The third kappa shape index (κ3) is 50.8. The van der Waals surface area contributed by atoms with Gasteiger partial charge in [0.15, 0.2) is 0 Å². The fourth-order valence-electron chi connectivity index (χ4n) is 8.34. The fraction of sp³-hybridized carbons (Fsp3) is 0.783. The number of aliphatic hydroxyl groups is 2. The summed E-state index contributed by atoms with van der Waals surface area (Å²) >= 11 is 0. The highest BCUT2D eigenvalue weighted by Crippen LogP contribution is 2.16. The Balaban J connectivity index is 3.55. The highest BCUT2D eigenvalue weighted by Gasteiger charge is 2.18. The van der Waals surface area contributed by atoms with Crippen molar-refractivity contribution in [2.75, 3.05) is 6.61 Å². The van der Waals surface area contributed by atoms with E-state index in [1.54, 1.807) is 6.08 Å². The molecule has 3 N–H and O–H groups in total. The topological polar surface area (TPSA) is 69.6 Å². The molecule has 372 valence electrons. The Morgan fingerprint density at radius 1 is 0.375 bits per heavy atom. The first-order valence-electron chi connectivity index (χ1n) is 28.2. The molecule has 0 aliphatic rings. The monoisotopic (exact) mass is 892 g/mol. The van der Waals surface area contributed by atoms with Gasteiger partial charge >= 0.3 is 0 Å². The van der Waals surface area contributed by atoms with Crippen molar-refractivity contribution in [1.29, 1.82) is 0 Å². The first-order valence-corrected chi connectivity index (χ1v) is 28.2. The largest absolute Gasteiger partial charge is 0.394 e. The predicted octanol–water partition coefficient (Wildman–Crippen LogP) is 18.6. The maximum Gasteiger partial charge on any atom is 0.220 e. The van der Waals surface area contributed by atoms with Gasteiger partial charge in [-0.3, -0.25) is 4.79 Å². The van der Waals surface area contributed by atoms with Gasteiger partial charge in [-0.25, -0.2) is 0 Å². The smallest absolute Gasteiger partial charge is 0.220 e. The molecule has 0 saturated carbocycles. The maximum absolute atomic E-state index is 12.5. The van der Waals surface area contributed by atoms with Crippen molar-refractivity contribution in [3.63, 3.8) is 0 Å². The predicted molar refractivity (Wildman–Crippen MR) is 285 cm³/mol. The molecule has 0 fully saturated rings. The third-order valence-corrected chi connectivity index (χ3v) is 12.6. The Morgan fingerprint density at radius 2 is 0.656 bits per heavy atom. The molecule has 4 heteroatoms. The van der Waals surface area contributed by atoms with Gasteiger partial charge in [-0.15, -0.1) is 0 Å². The molecule has 2 atom stereocenters. The maximum atomic E-state index is 12.5. The average molecular weight is 893 g/mol. The van der Waals surface area contributed by atoms with Crippen LogP contribution in [0.15, 0.2) is 72.9 Å². The average Bonchev–Trinajstić information content (AvgIpc) is 3.30. The van der Waals surface area contributed by atoms with Crippen molar-refractivity contribution in [3.05, 3.63) is 72.9 Å². The lowest BCUT2D eigenvalue weighted by Gasteiger charge is -2.19. The van der Waals surface area contributed by atoms with Crippen molar-refractivity contribution in [1.82, 2.24) is 5.32 Å². The van der Waals surface area contributed by atoms with Crippen LogP contribution in [0.25, 0.3) is 0 Å². The van der Waals surface area contributed by atoms with Crippen LogP contribution in [0.2, 0.25) is 0 Å². The Hall–Kier alpha value is -2.17. The van der Waals surface area contributed by atoms with Gasteiger partial charge in [-0.1, -0.05) is 267 Å². The lowest BCUT2D eigenvalue weighted by Crippen LogP contribution is -2.45. The third-order valence-electron chi connectivity index (χ3n) is 12.6. The van der Waals surface area contributed by atoms with Gasteiger partial charge in [0.25, 0.3) is 0 Å². The summed E-state index contributed by atoms with van der Waals surface area (Å²) in [7, 11) is 0. The van der Waals surface area contributed by atoms with Gasteiger partial charge in [-0.2, -0.15) is 0 Å². The molecule has 0 aromatic carbocycles. The van der Waals surface area contributed by atoms with Gasteiger partial charge < -0.3 is 15.5 Å². The van der Waals surface area contributed by atoms with E-state index in [-0.39, 0.29) is 12.5 Å². The number of rotatable bonds is 51. The van der Waals surface area contributed by atoms with Gasteiger partial charge in [0.1, 0.15) is 0 Å². The van der Waals surface area contributed by atoms with Crippen molar-refractivity contribution >= 4 is 5.91 Å². The zero-order valence-corrected chi connectivity index (χ0v) is 42.8. The van der Waals surface area contributed by atoms with Crippen LogP contribution in [0, 0.1) is 0 Å². The number of hydrogen-bond donors (Lipinski definition) is 3. The van der Waals surface area contributed by atoms with Crippen LogP contribution in [0.4, 0.5) is 0 Å². The zero-order valence-electron chi connectivity index (χ0n) is 42.8. The lowest BCUT2D eigenvalue weighted by atomic mass is 10.0. The summed E-state index contributed by atoms with van der Waals surface area (Å²) in [5, 5.41) is 23.1. The summed E-state index contributed by atoms with van der Waals surface area (Å²) in [5.41, 5.74) is 0. The van der Waals surface area contributed by atoms with Crippen LogP contribution in [0.3, 0.4) is 0 Å². The lowest BCUT2D eigenvalue weighted by molar-refractivity contribution is -0.123.